The number of carbonyl (C=O) groups is 3. The molecule has 1 amide bonds. The summed E-state index contributed by atoms with van der Waals surface area (Å²) in [5.41, 5.74) is -0.00299. The van der Waals surface area contributed by atoms with Crippen LogP contribution in [0, 0.1) is 11.8 Å². The van der Waals surface area contributed by atoms with E-state index < -0.39 is 11.7 Å². The fourth-order valence-electron chi connectivity index (χ4n) is 6.21. The van der Waals surface area contributed by atoms with Crippen LogP contribution in [0.2, 0.25) is 0 Å². The van der Waals surface area contributed by atoms with Crippen molar-refractivity contribution in [3.8, 4) is 0 Å². The zero-order valence-corrected chi connectivity index (χ0v) is 22.4. The lowest BCUT2D eigenvalue weighted by molar-refractivity contribution is -0.141. The molecule has 2 heterocycles. The van der Waals surface area contributed by atoms with Crippen molar-refractivity contribution in [2.24, 2.45) is 11.8 Å². The molecule has 208 valence electrons. The van der Waals surface area contributed by atoms with Crippen LogP contribution in [-0.4, -0.2) is 52.6 Å². The smallest absolute Gasteiger partial charge is 0.345 e. The van der Waals surface area contributed by atoms with Crippen LogP contribution in [0.4, 0.5) is 13.2 Å². The number of rotatable bonds is 9. The molecular weight excluding hydrogens is 495 g/mol. The fourth-order valence-corrected chi connectivity index (χ4v) is 6.21. The van der Waals surface area contributed by atoms with E-state index in [2.05, 4.69) is 5.32 Å². The third-order valence-electron chi connectivity index (χ3n) is 8.53. The summed E-state index contributed by atoms with van der Waals surface area (Å²) in [7, 11) is 1.74. The van der Waals surface area contributed by atoms with Crippen LogP contribution in [-0.2, 0) is 22.3 Å². The second kappa shape index (κ2) is 11.6. The summed E-state index contributed by atoms with van der Waals surface area (Å²) in [4.78, 5) is 41.1. The van der Waals surface area contributed by atoms with E-state index in [0.717, 1.165) is 57.1 Å². The second-order valence-corrected chi connectivity index (χ2v) is 11.0. The van der Waals surface area contributed by atoms with Gasteiger partial charge in [-0.15, -0.1) is 0 Å². The second-order valence-electron chi connectivity index (χ2n) is 11.0. The molecule has 1 aliphatic carbocycles. The third-order valence-corrected chi connectivity index (χ3v) is 8.53. The molecule has 0 unspecified atom stereocenters. The number of benzene rings is 1. The highest BCUT2D eigenvalue weighted by atomic mass is 19.4. The first-order valence-electron chi connectivity index (χ1n) is 13.7. The highest BCUT2D eigenvalue weighted by Crippen LogP contribution is 2.36. The van der Waals surface area contributed by atoms with Gasteiger partial charge in [0, 0.05) is 54.1 Å². The molecule has 0 spiro atoms. The first kappa shape index (κ1) is 28.3. The number of likely N-dealkylation sites (tertiary alicyclic amines) is 1. The molecule has 1 saturated carbocycles. The Morgan fingerprint density at radius 1 is 1.08 bits per heavy atom. The molecule has 38 heavy (non-hydrogen) atoms. The Kier molecular flexibility index (Phi) is 8.65. The zero-order valence-electron chi connectivity index (χ0n) is 22.4. The summed E-state index contributed by atoms with van der Waals surface area (Å²) >= 11 is 0. The van der Waals surface area contributed by atoms with E-state index in [1.807, 2.05) is 16.4 Å². The van der Waals surface area contributed by atoms with Crippen molar-refractivity contribution in [3.63, 3.8) is 0 Å². The summed E-state index contributed by atoms with van der Waals surface area (Å²) in [5, 5.41) is 3.26. The van der Waals surface area contributed by atoms with E-state index in [1.54, 1.807) is 13.2 Å². The van der Waals surface area contributed by atoms with Crippen molar-refractivity contribution in [1.82, 2.24) is 14.8 Å². The Bertz CT molecular complexity index is 1180. The van der Waals surface area contributed by atoms with Crippen LogP contribution in [0.5, 0.6) is 0 Å². The lowest BCUT2D eigenvalue weighted by atomic mass is 9.76. The summed E-state index contributed by atoms with van der Waals surface area (Å²) in [6, 6.07) is 3.01. The molecule has 2 aliphatic rings. The molecule has 4 rings (SSSR count). The summed E-state index contributed by atoms with van der Waals surface area (Å²) < 4.78 is 41.9. The first-order chi connectivity index (χ1) is 18.0. The van der Waals surface area contributed by atoms with Crippen LogP contribution >= 0.6 is 0 Å². The average Bonchev–Trinajstić information content (AvgIpc) is 3.51. The van der Waals surface area contributed by atoms with Gasteiger partial charge in [0.25, 0.3) is 0 Å². The van der Waals surface area contributed by atoms with E-state index >= 15 is 0 Å². The normalized spacial score (nSPS) is 20.6. The number of hydrogen-bond acceptors (Lipinski definition) is 4. The van der Waals surface area contributed by atoms with E-state index in [4.69, 9.17) is 0 Å². The molecule has 0 radical (unpaired) electrons. The molecule has 1 aromatic heterocycles. The minimum absolute atomic E-state index is 0.0127. The van der Waals surface area contributed by atoms with Crippen LogP contribution in [0.1, 0.15) is 81.1 Å². The quantitative estimate of drug-likeness (QED) is 0.425. The molecule has 1 saturated heterocycles. The van der Waals surface area contributed by atoms with Crippen molar-refractivity contribution >= 4 is 28.4 Å². The lowest BCUT2D eigenvalue weighted by Gasteiger charge is -2.35. The highest BCUT2D eigenvalue weighted by Gasteiger charge is 2.39. The molecule has 1 aliphatic heterocycles. The zero-order chi connectivity index (χ0) is 27.6. The minimum atomic E-state index is -4.50. The van der Waals surface area contributed by atoms with Crippen molar-refractivity contribution < 1.29 is 27.6 Å². The first-order valence-corrected chi connectivity index (χ1v) is 13.7. The predicted molar refractivity (Wildman–Crippen MR) is 140 cm³/mol. The number of carbonyl (C=O) groups excluding carboxylic acids is 3. The number of alkyl halides is 3. The number of hydrogen-bond donors (Lipinski definition) is 1. The Morgan fingerprint density at radius 3 is 2.42 bits per heavy atom. The lowest BCUT2D eigenvalue weighted by Crippen LogP contribution is -2.45. The molecule has 2 fully saturated rings. The molecule has 1 aromatic carbocycles. The number of fused-ring (bicyclic) bond motifs is 1. The minimum Gasteiger partial charge on any atom is -0.345 e. The average molecular weight is 534 g/mol. The van der Waals surface area contributed by atoms with Crippen molar-refractivity contribution in [3.05, 3.63) is 35.5 Å². The van der Waals surface area contributed by atoms with E-state index in [9.17, 15) is 27.6 Å². The van der Waals surface area contributed by atoms with Gasteiger partial charge >= 0.3 is 6.18 Å². The summed E-state index contributed by atoms with van der Waals surface area (Å²) in [6.07, 6.45) is 4.10. The number of nitrogens with one attached hydrogen (secondary N) is 1. The van der Waals surface area contributed by atoms with Gasteiger partial charge in [-0.2, -0.15) is 13.2 Å². The Balaban J connectivity index is 1.61. The maximum absolute atomic E-state index is 14.0. The van der Waals surface area contributed by atoms with Crippen LogP contribution in [0.3, 0.4) is 0 Å². The highest BCUT2D eigenvalue weighted by molar-refractivity contribution is 6.07. The van der Waals surface area contributed by atoms with Crippen LogP contribution in [0.15, 0.2) is 24.4 Å². The van der Waals surface area contributed by atoms with Crippen molar-refractivity contribution in [1.29, 1.82) is 0 Å². The Hall–Kier alpha value is -2.68. The number of aromatic nitrogens is 1. The van der Waals surface area contributed by atoms with Gasteiger partial charge in [0.1, 0.15) is 5.78 Å². The van der Waals surface area contributed by atoms with Gasteiger partial charge < -0.3 is 14.8 Å². The number of halogens is 3. The molecule has 9 heteroatoms. The van der Waals surface area contributed by atoms with Crippen molar-refractivity contribution in [2.45, 2.75) is 90.0 Å². The molecular formula is C29H38F3N3O3. The van der Waals surface area contributed by atoms with Crippen LogP contribution < -0.4 is 5.32 Å². The van der Waals surface area contributed by atoms with Gasteiger partial charge in [-0.05, 0) is 70.7 Å². The van der Waals surface area contributed by atoms with Gasteiger partial charge in [0.2, 0.25) is 5.91 Å². The number of likely N-dealkylation sites (N-methyl/N-ethyl adjacent to an activating group) is 1. The van der Waals surface area contributed by atoms with Gasteiger partial charge in [0.05, 0.1) is 11.6 Å². The SMILES string of the molecule is CN[C@@H](C)C(=O)C[C@H](C(=O)N1CCC[C@H]1Cn1cc(C(C)=O)c2cc(C(F)(F)F)ccc21)C1CCCCC1. The maximum atomic E-state index is 14.0. The van der Waals surface area contributed by atoms with Gasteiger partial charge in [0.15, 0.2) is 5.78 Å². The topological polar surface area (TPSA) is 71.4 Å². The molecule has 6 nitrogen and oxygen atoms in total. The number of amides is 1. The predicted octanol–water partition coefficient (Wildman–Crippen LogP) is 5.62. The molecule has 1 N–H and O–H groups in total. The number of Topliss-reactive ketones (excluding diaryl/α,β-unsaturated/α-hetero) is 2. The molecule has 3 atom stereocenters. The summed E-state index contributed by atoms with van der Waals surface area (Å²) in [6.45, 7) is 4.15. The monoisotopic (exact) mass is 533 g/mol. The third kappa shape index (κ3) is 5.98. The van der Waals surface area contributed by atoms with Gasteiger partial charge in [-0.3, -0.25) is 14.4 Å². The number of ketones is 2. The van der Waals surface area contributed by atoms with Gasteiger partial charge in [-0.1, -0.05) is 19.3 Å². The maximum Gasteiger partial charge on any atom is 0.416 e. The van der Waals surface area contributed by atoms with Crippen LogP contribution in [0.25, 0.3) is 10.9 Å². The molecule has 2 aromatic rings. The Labute approximate surface area is 221 Å². The summed E-state index contributed by atoms with van der Waals surface area (Å²) in [5.74, 6) is -0.429. The van der Waals surface area contributed by atoms with Gasteiger partial charge in [-0.25, -0.2) is 0 Å². The van der Waals surface area contributed by atoms with Crippen molar-refractivity contribution in [2.75, 3.05) is 13.6 Å². The van der Waals surface area contributed by atoms with E-state index in [-0.39, 0.29) is 58.8 Å². The van der Waals surface area contributed by atoms with E-state index in [1.165, 1.54) is 13.0 Å². The Morgan fingerprint density at radius 2 is 1.79 bits per heavy atom. The fraction of sp³-hybridized carbons (Fsp3) is 0.621. The molecule has 0 bridgehead atoms. The number of nitrogens with zero attached hydrogens (tertiary/aromatic N) is 2. The van der Waals surface area contributed by atoms with E-state index in [0.29, 0.717) is 18.6 Å². The largest absolute Gasteiger partial charge is 0.416 e. The standard InChI is InChI=1S/C29H38F3N3O3/c1-18(33-3)27(37)15-23(20-8-5-4-6-9-20)28(38)35-13-7-10-22(35)16-34-17-25(19(2)36)24-14-21(29(30,31)32)11-12-26(24)34/h11-12,14,17-18,20,22-23,33H,4-10,13,15-16H2,1-3H3/t18-,22-,23-/m0/s1.